The fraction of sp³-hybridized carbons (Fsp3) is 0.556. The minimum atomic E-state index is -4.71. The van der Waals surface area contributed by atoms with Crippen LogP contribution in [0.4, 0.5) is 18.9 Å². The Morgan fingerprint density at radius 1 is 1.26 bits per heavy atom. The second-order valence-corrected chi connectivity index (χ2v) is 7.82. The van der Waals surface area contributed by atoms with Crippen molar-refractivity contribution in [3.63, 3.8) is 0 Å². The lowest BCUT2D eigenvalue weighted by Crippen LogP contribution is -2.58. The number of anilines is 1. The molecule has 1 aliphatic rings. The Hall–Kier alpha value is -1.89. The summed E-state index contributed by atoms with van der Waals surface area (Å²) < 4.78 is 39.7. The Kier molecular flexibility index (Phi) is 6.35. The van der Waals surface area contributed by atoms with Crippen molar-refractivity contribution in [2.75, 3.05) is 18.2 Å². The third-order valence-corrected chi connectivity index (χ3v) is 4.83. The van der Waals surface area contributed by atoms with E-state index in [0.717, 1.165) is 38.1 Å². The number of nitrogens with one attached hydrogen (secondary N) is 1. The molecule has 0 saturated carbocycles. The Morgan fingerprint density at radius 2 is 1.85 bits per heavy atom. The predicted octanol–water partition coefficient (Wildman–Crippen LogP) is 3.91. The molecule has 1 aromatic carbocycles. The number of hydroxylamine groups is 1. The highest BCUT2D eigenvalue weighted by atomic mass is 32.1. The van der Waals surface area contributed by atoms with E-state index in [1.165, 1.54) is 12.1 Å². The number of hydrogen-bond acceptors (Lipinski definition) is 4. The smallest absolute Gasteiger partial charge is 0.339 e. The maximum atomic E-state index is 13.2. The van der Waals surface area contributed by atoms with Gasteiger partial charge in [-0.25, -0.2) is 0 Å². The van der Waals surface area contributed by atoms with Crippen LogP contribution < -0.4 is 10.4 Å². The van der Waals surface area contributed by atoms with Crippen molar-refractivity contribution < 1.29 is 18.4 Å². The van der Waals surface area contributed by atoms with Crippen LogP contribution in [0, 0.1) is 11.3 Å². The van der Waals surface area contributed by atoms with E-state index in [-0.39, 0.29) is 16.8 Å². The lowest BCUT2D eigenvalue weighted by molar-refractivity contribution is -0.137. The number of piperidine rings is 1. The van der Waals surface area contributed by atoms with Crippen molar-refractivity contribution in [3.8, 4) is 6.07 Å². The topological polar surface area (TPSA) is 62.5 Å². The molecule has 1 fully saturated rings. The molecule has 0 bridgehead atoms. The summed E-state index contributed by atoms with van der Waals surface area (Å²) in [5.74, 6) is 0. The number of nitriles is 1. The molecule has 1 aromatic rings. The van der Waals surface area contributed by atoms with Gasteiger partial charge in [0.05, 0.1) is 22.9 Å². The molecule has 2 rings (SSSR count). The minimum Gasteiger partial charge on any atom is -0.339 e. The molecule has 0 aromatic heterocycles. The molecule has 0 radical (unpaired) electrons. The third-order valence-electron chi connectivity index (χ3n) is 4.46. The van der Waals surface area contributed by atoms with Gasteiger partial charge in [-0.2, -0.15) is 23.5 Å². The zero-order chi connectivity index (χ0) is 20.4. The van der Waals surface area contributed by atoms with E-state index in [1.54, 1.807) is 0 Å². The standard InChI is InChI=1S/C18H23F3N4OS/c1-17(2,3)24(13-6-8-23-9-7-13)16(27)25(26)14-5-4-12(11-22)15(10-14)18(19,20)21/h4-5,10,13,23,26H,6-9H2,1-3H3. The van der Waals surface area contributed by atoms with E-state index in [2.05, 4.69) is 5.32 Å². The quantitative estimate of drug-likeness (QED) is 0.580. The molecule has 1 saturated heterocycles. The number of thiocarbonyl (C=S) groups is 1. The second kappa shape index (κ2) is 8.00. The molecule has 0 amide bonds. The molecule has 27 heavy (non-hydrogen) atoms. The van der Waals surface area contributed by atoms with E-state index < -0.39 is 22.8 Å². The van der Waals surface area contributed by atoms with Gasteiger partial charge < -0.3 is 10.2 Å². The van der Waals surface area contributed by atoms with E-state index in [9.17, 15) is 18.4 Å². The van der Waals surface area contributed by atoms with Crippen LogP contribution in [0.2, 0.25) is 0 Å². The summed E-state index contributed by atoms with van der Waals surface area (Å²) in [6.45, 7) is 7.43. The van der Waals surface area contributed by atoms with Gasteiger partial charge in [0.2, 0.25) is 5.11 Å². The van der Waals surface area contributed by atoms with Crippen LogP contribution in [-0.2, 0) is 6.18 Å². The van der Waals surface area contributed by atoms with Crippen LogP contribution in [0.3, 0.4) is 0 Å². The van der Waals surface area contributed by atoms with Crippen LogP contribution in [0.25, 0.3) is 0 Å². The summed E-state index contributed by atoms with van der Waals surface area (Å²) in [5, 5.41) is 23.4. The zero-order valence-electron chi connectivity index (χ0n) is 15.5. The summed E-state index contributed by atoms with van der Waals surface area (Å²) in [5.41, 5.74) is -2.17. The predicted molar refractivity (Wildman–Crippen MR) is 101 cm³/mol. The van der Waals surface area contributed by atoms with Crippen LogP contribution in [0.15, 0.2) is 18.2 Å². The van der Waals surface area contributed by atoms with E-state index in [0.29, 0.717) is 5.06 Å². The maximum Gasteiger partial charge on any atom is 0.417 e. The third kappa shape index (κ3) is 4.89. The lowest BCUT2D eigenvalue weighted by atomic mass is 9.97. The first-order valence-corrected chi connectivity index (χ1v) is 9.02. The molecule has 0 spiro atoms. The van der Waals surface area contributed by atoms with Crippen LogP contribution in [0.1, 0.15) is 44.7 Å². The molecular weight excluding hydrogens is 377 g/mol. The van der Waals surface area contributed by atoms with Crippen molar-refractivity contribution in [1.82, 2.24) is 10.2 Å². The SMILES string of the molecule is CC(C)(C)N(C(=S)N(O)c1ccc(C#N)c(C(F)(F)F)c1)C1CCNCC1. The van der Waals surface area contributed by atoms with Crippen molar-refractivity contribution in [3.05, 3.63) is 29.3 Å². The number of halogens is 3. The Labute approximate surface area is 162 Å². The van der Waals surface area contributed by atoms with E-state index in [4.69, 9.17) is 17.5 Å². The molecule has 1 aliphatic heterocycles. The molecule has 148 valence electrons. The first kappa shape index (κ1) is 21.4. The molecular formula is C18H23F3N4OS. The monoisotopic (exact) mass is 400 g/mol. The minimum absolute atomic E-state index is 0.0345. The van der Waals surface area contributed by atoms with Crippen LogP contribution in [0.5, 0.6) is 0 Å². The van der Waals surface area contributed by atoms with Gasteiger partial charge in [0.15, 0.2) is 0 Å². The van der Waals surface area contributed by atoms with Gasteiger partial charge in [-0.1, -0.05) is 0 Å². The number of nitrogens with zero attached hydrogens (tertiary/aromatic N) is 3. The fourth-order valence-corrected chi connectivity index (χ4v) is 3.79. The van der Waals surface area contributed by atoms with Gasteiger partial charge in [0.25, 0.3) is 0 Å². The highest BCUT2D eigenvalue weighted by Crippen LogP contribution is 2.35. The Bertz CT molecular complexity index is 734. The largest absolute Gasteiger partial charge is 0.417 e. The number of rotatable bonds is 2. The Balaban J connectivity index is 2.38. The molecule has 2 N–H and O–H groups in total. The van der Waals surface area contributed by atoms with Gasteiger partial charge in [-0.3, -0.25) is 5.21 Å². The normalized spacial score (nSPS) is 15.9. The summed E-state index contributed by atoms with van der Waals surface area (Å²) in [7, 11) is 0. The first-order valence-electron chi connectivity index (χ1n) is 8.61. The number of hydrogen-bond donors (Lipinski definition) is 2. The first-order chi connectivity index (χ1) is 12.5. The van der Waals surface area contributed by atoms with Crippen LogP contribution >= 0.6 is 12.2 Å². The summed E-state index contributed by atoms with van der Waals surface area (Å²) >= 11 is 5.44. The zero-order valence-corrected chi connectivity index (χ0v) is 16.3. The highest BCUT2D eigenvalue weighted by molar-refractivity contribution is 7.80. The molecule has 1 heterocycles. The average Bonchev–Trinajstić information content (AvgIpc) is 2.59. The van der Waals surface area contributed by atoms with Crippen molar-refractivity contribution in [1.29, 1.82) is 5.26 Å². The number of alkyl halides is 3. The lowest BCUT2D eigenvalue weighted by Gasteiger charge is -2.46. The second-order valence-electron chi connectivity index (χ2n) is 7.46. The highest BCUT2D eigenvalue weighted by Gasteiger charge is 2.37. The summed E-state index contributed by atoms with van der Waals surface area (Å²) in [6, 6.07) is 4.62. The van der Waals surface area contributed by atoms with Gasteiger partial charge in [0.1, 0.15) is 0 Å². The number of benzene rings is 1. The Morgan fingerprint density at radius 3 is 2.33 bits per heavy atom. The van der Waals surface area contributed by atoms with Gasteiger partial charge in [-0.15, -0.1) is 0 Å². The fourth-order valence-electron chi connectivity index (χ4n) is 3.26. The molecule has 9 heteroatoms. The van der Waals surface area contributed by atoms with E-state index >= 15 is 0 Å². The molecule has 0 unspecified atom stereocenters. The van der Waals surface area contributed by atoms with Gasteiger partial charge in [0, 0.05) is 11.6 Å². The van der Waals surface area contributed by atoms with Gasteiger partial charge >= 0.3 is 6.18 Å². The molecule has 0 aliphatic carbocycles. The molecule has 5 nitrogen and oxygen atoms in total. The summed E-state index contributed by atoms with van der Waals surface area (Å²) in [6.07, 6.45) is -3.08. The van der Waals surface area contributed by atoms with Gasteiger partial charge in [-0.05, 0) is 77.1 Å². The van der Waals surface area contributed by atoms with Crippen LogP contribution in [-0.4, -0.2) is 39.9 Å². The van der Waals surface area contributed by atoms with Crippen molar-refractivity contribution in [2.24, 2.45) is 0 Å². The molecule has 0 atom stereocenters. The van der Waals surface area contributed by atoms with Crippen molar-refractivity contribution >= 4 is 23.0 Å². The summed E-state index contributed by atoms with van der Waals surface area (Å²) in [4.78, 5) is 1.87. The van der Waals surface area contributed by atoms with Crippen molar-refractivity contribution in [2.45, 2.75) is 51.4 Å². The van der Waals surface area contributed by atoms with E-state index in [1.807, 2.05) is 25.7 Å². The average molecular weight is 400 g/mol. The maximum absolute atomic E-state index is 13.2.